The summed E-state index contributed by atoms with van der Waals surface area (Å²) < 4.78 is 0. The lowest BCUT2D eigenvalue weighted by atomic mass is 10.1. The van der Waals surface area contributed by atoms with Gasteiger partial charge in [0, 0.05) is 34.1 Å². The van der Waals surface area contributed by atoms with Gasteiger partial charge in [-0.2, -0.15) is 0 Å². The lowest BCUT2D eigenvalue weighted by Crippen LogP contribution is -2.09. The average molecular weight is 543 g/mol. The molecule has 0 bridgehead atoms. The molecule has 0 N–H and O–H groups in total. The molecule has 0 saturated heterocycles. The van der Waals surface area contributed by atoms with Crippen LogP contribution >= 0.6 is 0 Å². The van der Waals surface area contributed by atoms with Crippen LogP contribution in [0.3, 0.4) is 0 Å². The molecule has 0 unspecified atom stereocenters. The topological polar surface area (TPSA) is 6.48 Å². The van der Waals surface area contributed by atoms with E-state index in [0.29, 0.717) is 0 Å². The van der Waals surface area contributed by atoms with Gasteiger partial charge >= 0.3 is 0 Å². The van der Waals surface area contributed by atoms with E-state index in [-0.39, 0.29) is 0 Å². The Labute approximate surface area is 249 Å². The molecule has 204 valence electrons. The first-order chi connectivity index (χ1) is 20.6. The Morgan fingerprint density at radius 1 is 0.333 bits per heavy atom. The van der Waals surface area contributed by atoms with Gasteiger partial charge in [0.1, 0.15) is 0 Å². The van der Waals surface area contributed by atoms with Crippen LogP contribution < -0.4 is 9.80 Å². The minimum absolute atomic E-state index is 1.13. The predicted octanol–water partition coefficient (Wildman–Crippen LogP) is 11.4. The summed E-state index contributed by atoms with van der Waals surface area (Å²) in [4.78, 5) is 4.60. The van der Waals surface area contributed by atoms with Crippen molar-refractivity contribution in [3.8, 4) is 0 Å². The van der Waals surface area contributed by atoms with Crippen molar-refractivity contribution >= 4 is 46.3 Å². The van der Waals surface area contributed by atoms with Crippen LogP contribution in [0.4, 0.5) is 34.1 Å². The van der Waals surface area contributed by atoms with Crippen molar-refractivity contribution in [2.45, 2.75) is 13.8 Å². The Morgan fingerprint density at radius 3 is 1.02 bits per heavy atom. The Kier molecular flexibility index (Phi) is 7.96. The zero-order valence-corrected chi connectivity index (χ0v) is 24.1. The number of benzene rings is 6. The Balaban J connectivity index is 1.24. The third kappa shape index (κ3) is 6.19. The van der Waals surface area contributed by atoms with E-state index in [1.165, 1.54) is 11.1 Å². The van der Waals surface area contributed by atoms with Gasteiger partial charge in [0.25, 0.3) is 0 Å². The molecule has 0 heterocycles. The van der Waals surface area contributed by atoms with E-state index in [1.54, 1.807) is 0 Å². The van der Waals surface area contributed by atoms with E-state index in [9.17, 15) is 0 Å². The van der Waals surface area contributed by atoms with Gasteiger partial charge in [0.05, 0.1) is 0 Å². The summed E-state index contributed by atoms with van der Waals surface area (Å²) in [6, 6.07) is 55.8. The fourth-order valence-electron chi connectivity index (χ4n) is 5.24. The van der Waals surface area contributed by atoms with E-state index in [2.05, 4.69) is 194 Å². The highest BCUT2D eigenvalue weighted by Crippen LogP contribution is 2.36. The summed E-state index contributed by atoms with van der Waals surface area (Å²) in [6.07, 6.45) is 4.35. The summed E-state index contributed by atoms with van der Waals surface area (Å²) in [5.41, 5.74) is 11.6. The highest BCUT2D eigenvalue weighted by molar-refractivity contribution is 5.80. The molecule has 0 amide bonds. The number of aryl methyl sites for hydroxylation is 2. The van der Waals surface area contributed by atoms with Gasteiger partial charge in [-0.05, 0) is 109 Å². The van der Waals surface area contributed by atoms with E-state index in [0.717, 1.165) is 45.3 Å². The minimum atomic E-state index is 1.13. The summed E-state index contributed by atoms with van der Waals surface area (Å²) in [6.45, 7) is 4.27. The molecule has 2 nitrogen and oxygen atoms in total. The van der Waals surface area contributed by atoms with Gasteiger partial charge < -0.3 is 9.80 Å². The Morgan fingerprint density at radius 2 is 0.667 bits per heavy atom. The van der Waals surface area contributed by atoms with Gasteiger partial charge in [-0.3, -0.25) is 0 Å². The number of rotatable bonds is 8. The highest BCUT2D eigenvalue weighted by Gasteiger charge is 2.13. The molecule has 0 fully saturated rings. The lowest BCUT2D eigenvalue weighted by molar-refractivity contribution is 1.27. The van der Waals surface area contributed by atoms with Crippen LogP contribution in [0.1, 0.15) is 22.3 Å². The van der Waals surface area contributed by atoms with Crippen molar-refractivity contribution in [1.82, 2.24) is 0 Å². The molecule has 0 aliphatic carbocycles. The van der Waals surface area contributed by atoms with Gasteiger partial charge in [-0.15, -0.1) is 0 Å². The molecule has 0 aliphatic rings. The SMILES string of the molecule is Cc1cccc(N(c2ccccc2)c2ccc(C=Cc3ccc(N(c4ccccc4)c4cccc(C)c4)cc3)cc2)c1. The third-order valence-electron chi connectivity index (χ3n) is 7.32. The molecule has 0 aromatic heterocycles. The average Bonchev–Trinajstić information content (AvgIpc) is 3.03. The molecule has 0 spiro atoms. The third-order valence-corrected chi connectivity index (χ3v) is 7.32. The van der Waals surface area contributed by atoms with Crippen molar-refractivity contribution in [2.24, 2.45) is 0 Å². The summed E-state index contributed by atoms with van der Waals surface area (Å²) in [7, 11) is 0. The van der Waals surface area contributed by atoms with Crippen LogP contribution in [0.25, 0.3) is 12.2 Å². The predicted molar refractivity (Wildman–Crippen MR) is 181 cm³/mol. The molecule has 0 saturated carbocycles. The molecule has 6 aromatic carbocycles. The van der Waals surface area contributed by atoms with E-state index < -0.39 is 0 Å². The maximum absolute atomic E-state index is 2.30. The van der Waals surface area contributed by atoms with Crippen LogP contribution in [0.2, 0.25) is 0 Å². The lowest BCUT2D eigenvalue weighted by Gasteiger charge is -2.26. The second kappa shape index (κ2) is 12.4. The molecule has 6 rings (SSSR count). The molecular formula is C40H34N2. The second-order valence-electron chi connectivity index (χ2n) is 10.5. The van der Waals surface area contributed by atoms with Crippen LogP contribution in [-0.2, 0) is 0 Å². The van der Waals surface area contributed by atoms with Crippen molar-refractivity contribution in [3.05, 3.63) is 180 Å². The monoisotopic (exact) mass is 542 g/mol. The quantitative estimate of drug-likeness (QED) is 0.176. The fourth-order valence-corrected chi connectivity index (χ4v) is 5.24. The van der Waals surface area contributed by atoms with Crippen molar-refractivity contribution in [2.75, 3.05) is 9.80 Å². The first-order valence-electron chi connectivity index (χ1n) is 14.4. The standard InChI is InChI=1S/C40H34N2/c1-31-11-9-17-39(29-31)41(35-13-5-3-6-14-35)37-25-21-33(22-26-37)19-20-34-23-27-38(28-24-34)42(36-15-7-4-8-16-36)40-18-10-12-32(2)30-40/h3-30H,1-2H3. The van der Waals surface area contributed by atoms with Crippen molar-refractivity contribution in [3.63, 3.8) is 0 Å². The molecule has 42 heavy (non-hydrogen) atoms. The van der Waals surface area contributed by atoms with Crippen molar-refractivity contribution in [1.29, 1.82) is 0 Å². The van der Waals surface area contributed by atoms with Crippen molar-refractivity contribution < 1.29 is 0 Å². The Bertz CT molecular complexity index is 1640. The maximum atomic E-state index is 2.30. The largest absolute Gasteiger partial charge is 0.310 e. The number of nitrogens with zero attached hydrogens (tertiary/aromatic N) is 2. The number of anilines is 6. The Hall–Kier alpha value is -5.34. The van der Waals surface area contributed by atoms with Gasteiger partial charge in [-0.1, -0.05) is 97.1 Å². The molecule has 2 heteroatoms. The number of hydrogen-bond acceptors (Lipinski definition) is 2. The molecule has 0 radical (unpaired) electrons. The normalized spacial score (nSPS) is 11.0. The van der Waals surface area contributed by atoms with E-state index in [1.807, 2.05) is 0 Å². The smallest absolute Gasteiger partial charge is 0.0464 e. The summed E-state index contributed by atoms with van der Waals surface area (Å²) in [5, 5.41) is 0. The molecule has 0 aliphatic heterocycles. The highest BCUT2D eigenvalue weighted by atomic mass is 15.1. The van der Waals surface area contributed by atoms with E-state index in [4.69, 9.17) is 0 Å². The zero-order valence-electron chi connectivity index (χ0n) is 24.1. The van der Waals surface area contributed by atoms with E-state index >= 15 is 0 Å². The van der Waals surface area contributed by atoms with Crippen LogP contribution in [0.5, 0.6) is 0 Å². The van der Waals surface area contributed by atoms with Gasteiger partial charge in [0.2, 0.25) is 0 Å². The second-order valence-corrected chi connectivity index (χ2v) is 10.5. The first-order valence-corrected chi connectivity index (χ1v) is 14.4. The molecule has 6 aromatic rings. The van der Waals surface area contributed by atoms with Gasteiger partial charge in [-0.25, -0.2) is 0 Å². The van der Waals surface area contributed by atoms with Gasteiger partial charge in [0.15, 0.2) is 0 Å². The van der Waals surface area contributed by atoms with Crippen LogP contribution in [0.15, 0.2) is 158 Å². The summed E-state index contributed by atoms with van der Waals surface area (Å²) >= 11 is 0. The number of para-hydroxylation sites is 2. The fraction of sp³-hybridized carbons (Fsp3) is 0.0500. The molecule has 0 atom stereocenters. The number of hydrogen-bond donors (Lipinski definition) is 0. The van der Waals surface area contributed by atoms with Crippen LogP contribution in [-0.4, -0.2) is 0 Å². The first kappa shape index (κ1) is 26.9. The maximum Gasteiger partial charge on any atom is 0.0464 e. The minimum Gasteiger partial charge on any atom is -0.310 e. The summed E-state index contributed by atoms with van der Waals surface area (Å²) in [5.74, 6) is 0. The van der Waals surface area contributed by atoms with Crippen LogP contribution in [0, 0.1) is 13.8 Å². The molecular weight excluding hydrogens is 508 g/mol. The zero-order chi connectivity index (χ0) is 28.7.